The van der Waals surface area contributed by atoms with Gasteiger partial charge in [0.15, 0.2) is 0 Å². The Hall–Kier alpha value is -3.06. The fourth-order valence-electron chi connectivity index (χ4n) is 4.55. The van der Waals surface area contributed by atoms with Crippen molar-refractivity contribution in [2.24, 2.45) is 0 Å². The third-order valence-corrected chi connectivity index (χ3v) is 7.53. The van der Waals surface area contributed by atoms with Crippen molar-refractivity contribution in [2.75, 3.05) is 13.7 Å². The van der Waals surface area contributed by atoms with Gasteiger partial charge in [-0.1, -0.05) is 25.0 Å². The van der Waals surface area contributed by atoms with Gasteiger partial charge in [0.2, 0.25) is 0 Å². The predicted molar refractivity (Wildman–Crippen MR) is 146 cm³/mol. The topological polar surface area (TPSA) is 65.4 Å². The lowest BCUT2D eigenvalue weighted by Crippen LogP contribution is -2.24. The summed E-state index contributed by atoms with van der Waals surface area (Å²) in [6.45, 7) is 6.13. The molecule has 0 spiro atoms. The summed E-state index contributed by atoms with van der Waals surface area (Å²) < 4.78 is 13.4. The second-order valence-electron chi connectivity index (χ2n) is 9.24. The highest BCUT2D eigenvalue weighted by molar-refractivity contribution is 7.09. The number of aromatic nitrogens is 2. The zero-order valence-corrected chi connectivity index (χ0v) is 22.5. The molecule has 0 unspecified atom stereocenters. The molecule has 0 bridgehead atoms. The standard InChI is InChI=1S/C29H37N3O3S/c1-4-5-16-30-29(33)25-18-27(32(21(25)2)17-15-22-9-7-6-8-10-22)26-20-36-28(31-26)19-35-24-13-11-23(34-3)12-14-24/h9,11-14,18,20H,4-8,10,15-17,19H2,1-3H3,(H,30,33). The summed E-state index contributed by atoms with van der Waals surface area (Å²) >= 11 is 1.58. The number of methoxy groups -OCH3 is 1. The lowest BCUT2D eigenvalue weighted by Gasteiger charge is -2.15. The van der Waals surface area contributed by atoms with Crippen LogP contribution in [0.25, 0.3) is 11.4 Å². The number of ether oxygens (including phenoxy) is 2. The Morgan fingerprint density at radius 3 is 2.72 bits per heavy atom. The Kier molecular flexibility index (Phi) is 9.23. The van der Waals surface area contributed by atoms with Crippen LogP contribution in [0.4, 0.5) is 0 Å². The number of nitrogens with one attached hydrogen (secondary N) is 1. The van der Waals surface area contributed by atoms with Crippen molar-refractivity contribution in [3.63, 3.8) is 0 Å². The van der Waals surface area contributed by atoms with Crippen LogP contribution in [0, 0.1) is 6.92 Å². The van der Waals surface area contributed by atoms with Crippen LogP contribution in [0.3, 0.4) is 0 Å². The van der Waals surface area contributed by atoms with E-state index in [0.717, 1.165) is 65.0 Å². The van der Waals surface area contributed by atoms with E-state index in [4.69, 9.17) is 14.5 Å². The molecule has 3 aromatic rings. The second kappa shape index (κ2) is 12.8. The quantitative estimate of drug-likeness (QED) is 0.213. The molecule has 0 radical (unpaired) electrons. The molecule has 7 heteroatoms. The lowest BCUT2D eigenvalue weighted by molar-refractivity contribution is 0.0952. The first-order chi connectivity index (χ1) is 17.6. The minimum absolute atomic E-state index is 0.00359. The highest BCUT2D eigenvalue weighted by Gasteiger charge is 2.20. The van der Waals surface area contributed by atoms with Crippen molar-refractivity contribution in [3.05, 3.63) is 63.6 Å². The van der Waals surface area contributed by atoms with E-state index in [0.29, 0.717) is 13.2 Å². The maximum atomic E-state index is 13.0. The summed E-state index contributed by atoms with van der Waals surface area (Å²) in [5.41, 5.74) is 5.15. The van der Waals surface area contributed by atoms with Gasteiger partial charge in [0.05, 0.1) is 24.1 Å². The van der Waals surface area contributed by atoms with Crippen LogP contribution in [-0.2, 0) is 13.2 Å². The average molecular weight is 508 g/mol. The Morgan fingerprint density at radius 1 is 1.19 bits per heavy atom. The van der Waals surface area contributed by atoms with Gasteiger partial charge in [0.1, 0.15) is 23.1 Å². The van der Waals surface area contributed by atoms with Gasteiger partial charge in [-0.15, -0.1) is 11.3 Å². The predicted octanol–water partition coefficient (Wildman–Crippen LogP) is 6.93. The van der Waals surface area contributed by atoms with E-state index in [1.54, 1.807) is 18.4 Å². The van der Waals surface area contributed by atoms with Crippen molar-refractivity contribution in [2.45, 2.75) is 71.9 Å². The Bertz CT molecular complexity index is 1180. The number of benzene rings is 1. The highest BCUT2D eigenvalue weighted by Crippen LogP contribution is 2.30. The largest absolute Gasteiger partial charge is 0.497 e. The van der Waals surface area contributed by atoms with Gasteiger partial charge in [-0.25, -0.2) is 4.98 Å². The summed E-state index contributed by atoms with van der Waals surface area (Å²) in [7, 11) is 1.65. The fraction of sp³-hybridized carbons (Fsp3) is 0.448. The van der Waals surface area contributed by atoms with Crippen LogP contribution in [0.5, 0.6) is 11.5 Å². The number of nitrogens with zero attached hydrogens (tertiary/aromatic N) is 2. The average Bonchev–Trinajstić information content (AvgIpc) is 3.51. The van der Waals surface area contributed by atoms with Gasteiger partial charge in [-0.3, -0.25) is 4.79 Å². The van der Waals surface area contributed by atoms with Crippen LogP contribution >= 0.6 is 11.3 Å². The third kappa shape index (κ3) is 6.58. The molecule has 1 aliphatic rings. The lowest BCUT2D eigenvalue weighted by atomic mass is 9.97. The molecule has 0 atom stereocenters. The molecular weight excluding hydrogens is 470 g/mol. The molecule has 4 rings (SSSR count). The molecule has 2 aromatic heterocycles. The monoisotopic (exact) mass is 507 g/mol. The Balaban J connectivity index is 1.53. The fourth-order valence-corrected chi connectivity index (χ4v) is 5.25. The Labute approximate surface area is 218 Å². The van der Waals surface area contributed by atoms with Crippen molar-refractivity contribution in [1.29, 1.82) is 0 Å². The number of carbonyl (C=O) groups excluding carboxylic acids is 1. The van der Waals surface area contributed by atoms with Gasteiger partial charge in [-0.05, 0) is 75.8 Å². The molecule has 192 valence electrons. The molecule has 0 saturated heterocycles. The maximum absolute atomic E-state index is 13.0. The summed E-state index contributed by atoms with van der Waals surface area (Å²) in [5, 5.41) is 6.04. The number of amides is 1. The Morgan fingerprint density at radius 2 is 2.00 bits per heavy atom. The molecule has 36 heavy (non-hydrogen) atoms. The number of rotatable bonds is 12. The molecule has 0 fully saturated rings. The number of thiazole rings is 1. The molecule has 0 saturated carbocycles. The number of hydrogen-bond acceptors (Lipinski definition) is 5. The molecule has 0 aliphatic heterocycles. The molecule has 1 aliphatic carbocycles. The van der Waals surface area contributed by atoms with Gasteiger partial charge in [0.25, 0.3) is 5.91 Å². The molecule has 1 aromatic carbocycles. The van der Waals surface area contributed by atoms with Crippen molar-refractivity contribution in [1.82, 2.24) is 14.9 Å². The molecule has 2 heterocycles. The van der Waals surface area contributed by atoms with Crippen molar-refractivity contribution < 1.29 is 14.3 Å². The van der Waals surface area contributed by atoms with Crippen LogP contribution in [0.2, 0.25) is 0 Å². The highest BCUT2D eigenvalue weighted by atomic mass is 32.1. The summed E-state index contributed by atoms with van der Waals surface area (Å²) in [5.74, 6) is 1.57. The van der Waals surface area contributed by atoms with Gasteiger partial charge in [0, 0.05) is 24.2 Å². The smallest absolute Gasteiger partial charge is 0.253 e. The second-order valence-corrected chi connectivity index (χ2v) is 10.2. The maximum Gasteiger partial charge on any atom is 0.253 e. The molecule has 1 amide bonds. The first-order valence-corrected chi connectivity index (χ1v) is 13.8. The number of hydrogen-bond donors (Lipinski definition) is 1. The number of carbonyl (C=O) groups is 1. The van der Waals surface area contributed by atoms with E-state index in [1.807, 2.05) is 37.3 Å². The van der Waals surface area contributed by atoms with Gasteiger partial charge < -0.3 is 19.4 Å². The molecule has 1 N–H and O–H groups in total. The first-order valence-electron chi connectivity index (χ1n) is 13.0. The van der Waals surface area contributed by atoms with Gasteiger partial charge >= 0.3 is 0 Å². The molecule has 6 nitrogen and oxygen atoms in total. The summed E-state index contributed by atoms with van der Waals surface area (Å²) in [6, 6.07) is 9.56. The minimum atomic E-state index is -0.00359. The van der Waals surface area contributed by atoms with E-state index in [-0.39, 0.29) is 5.91 Å². The normalized spacial score (nSPS) is 13.4. The number of unbranched alkanes of at least 4 members (excludes halogenated alkanes) is 1. The van der Waals surface area contributed by atoms with Gasteiger partial charge in [-0.2, -0.15) is 0 Å². The van der Waals surface area contributed by atoms with E-state index in [9.17, 15) is 4.79 Å². The number of allylic oxidation sites excluding steroid dienone is 2. The zero-order valence-electron chi connectivity index (χ0n) is 21.6. The van der Waals surface area contributed by atoms with E-state index in [1.165, 1.54) is 31.3 Å². The van der Waals surface area contributed by atoms with Crippen LogP contribution in [0.15, 0.2) is 47.4 Å². The van der Waals surface area contributed by atoms with Crippen LogP contribution in [0.1, 0.15) is 72.9 Å². The zero-order chi connectivity index (χ0) is 25.3. The first kappa shape index (κ1) is 26.0. The summed E-state index contributed by atoms with van der Waals surface area (Å²) in [6.07, 6.45) is 10.4. The minimum Gasteiger partial charge on any atom is -0.497 e. The SMILES string of the molecule is CCCCNC(=O)c1cc(-c2csc(COc3ccc(OC)cc3)n2)n(CCC2=CCCCC2)c1C. The van der Waals surface area contributed by atoms with E-state index in [2.05, 4.69) is 28.3 Å². The van der Waals surface area contributed by atoms with Crippen molar-refractivity contribution >= 4 is 17.2 Å². The third-order valence-electron chi connectivity index (χ3n) is 6.70. The molecular formula is C29H37N3O3S. The van der Waals surface area contributed by atoms with Crippen molar-refractivity contribution in [3.8, 4) is 22.9 Å². The van der Waals surface area contributed by atoms with Crippen LogP contribution in [-0.4, -0.2) is 29.1 Å². The summed E-state index contributed by atoms with van der Waals surface area (Å²) in [4.78, 5) is 17.8. The van der Waals surface area contributed by atoms with E-state index >= 15 is 0 Å². The van der Waals surface area contributed by atoms with E-state index < -0.39 is 0 Å². The van der Waals surface area contributed by atoms with Crippen LogP contribution < -0.4 is 14.8 Å².